The third-order valence-electron chi connectivity index (χ3n) is 2.31. The average molecular weight is 264 g/mol. The lowest BCUT2D eigenvalue weighted by Gasteiger charge is -2.08. The molecule has 6 heteroatoms. The first kappa shape index (κ1) is 12.3. The molecule has 0 radical (unpaired) electrons. The fraction of sp³-hybridized carbons (Fsp3) is 0.0833. The van der Waals surface area contributed by atoms with Gasteiger partial charge in [0.25, 0.3) is 0 Å². The number of para-hydroxylation sites is 1. The summed E-state index contributed by atoms with van der Waals surface area (Å²) in [5.74, 6) is 0. The number of aromatic nitrogens is 1. The van der Waals surface area contributed by atoms with Gasteiger partial charge in [-0.25, -0.2) is 4.98 Å². The van der Waals surface area contributed by atoms with E-state index in [1.807, 2.05) is 30.3 Å². The lowest BCUT2D eigenvalue weighted by Crippen LogP contribution is -2.00. The van der Waals surface area contributed by atoms with E-state index in [9.17, 15) is 10.1 Å². The second kappa shape index (κ2) is 5.01. The average Bonchev–Trinajstić information content (AvgIpc) is 2.28. The molecule has 0 fully saturated rings. The summed E-state index contributed by atoms with van der Waals surface area (Å²) in [6, 6.07) is 10.8. The molecule has 0 saturated heterocycles. The highest BCUT2D eigenvalue weighted by Gasteiger charge is 2.21. The van der Waals surface area contributed by atoms with E-state index in [-0.39, 0.29) is 10.8 Å². The normalized spacial score (nSPS) is 10.1. The van der Waals surface area contributed by atoms with Crippen LogP contribution in [0.1, 0.15) is 5.69 Å². The maximum atomic E-state index is 11.0. The van der Waals surface area contributed by atoms with Crippen LogP contribution in [-0.4, -0.2) is 9.91 Å². The van der Waals surface area contributed by atoms with Gasteiger partial charge in [0.15, 0.2) is 0 Å². The number of pyridine rings is 1. The van der Waals surface area contributed by atoms with E-state index in [1.165, 1.54) is 0 Å². The van der Waals surface area contributed by atoms with Crippen molar-refractivity contribution in [2.24, 2.45) is 0 Å². The molecule has 5 nitrogen and oxygen atoms in total. The minimum Gasteiger partial charge on any atom is -0.350 e. The molecule has 2 aromatic rings. The van der Waals surface area contributed by atoms with Crippen LogP contribution < -0.4 is 5.32 Å². The van der Waals surface area contributed by atoms with E-state index in [4.69, 9.17) is 11.6 Å². The summed E-state index contributed by atoms with van der Waals surface area (Å²) in [4.78, 5) is 14.3. The lowest BCUT2D eigenvalue weighted by atomic mass is 10.2. The van der Waals surface area contributed by atoms with Gasteiger partial charge >= 0.3 is 5.69 Å². The molecule has 0 aliphatic heterocycles. The van der Waals surface area contributed by atoms with Gasteiger partial charge in [-0.05, 0) is 25.1 Å². The van der Waals surface area contributed by atoms with Crippen molar-refractivity contribution in [3.05, 3.63) is 57.4 Å². The number of halogens is 1. The number of anilines is 2. The van der Waals surface area contributed by atoms with Gasteiger partial charge in [-0.15, -0.1) is 0 Å². The van der Waals surface area contributed by atoms with E-state index in [0.29, 0.717) is 11.4 Å². The third-order valence-corrected chi connectivity index (χ3v) is 2.58. The lowest BCUT2D eigenvalue weighted by molar-refractivity contribution is -0.384. The zero-order valence-electron chi connectivity index (χ0n) is 9.55. The molecule has 1 N–H and O–H groups in total. The van der Waals surface area contributed by atoms with Crippen LogP contribution in [0.2, 0.25) is 5.15 Å². The molecule has 0 atom stereocenters. The maximum Gasteiger partial charge on any atom is 0.329 e. The van der Waals surface area contributed by atoms with Crippen LogP contribution in [0.25, 0.3) is 0 Å². The van der Waals surface area contributed by atoms with Crippen LogP contribution in [0, 0.1) is 17.0 Å². The van der Waals surface area contributed by atoms with E-state index in [1.54, 1.807) is 13.0 Å². The van der Waals surface area contributed by atoms with Gasteiger partial charge < -0.3 is 5.32 Å². The Balaban J connectivity index is 2.46. The van der Waals surface area contributed by atoms with Gasteiger partial charge in [0.05, 0.1) is 4.92 Å². The van der Waals surface area contributed by atoms with Crippen molar-refractivity contribution in [3.63, 3.8) is 0 Å². The van der Waals surface area contributed by atoms with Gasteiger partial charge in [0, 0.05) is 11.4 Å². The Hall–Kier alpha value is -2.14. The summed E-state index contributed by atoms with van der Waals surface area (Å²) in [7, 11) is 0. The fourth-order valence-corrected chi connectivity index (χ4v) is 1.88. The maximum absolute atomic E-state index is 11.0. The Labute approximate surface area is 109 Å². The number of rotatable bonds is 3. The molecule has 2 rings (SSSR count). The fourth-order valence-electron chi connectivity index (χ4n) is 1.57. The summed E-state index contributed by atoms with van der Waals surface area (Å²) in [6.07, 6.45) is 0. The zero-order chi connectivity index (χ0) is 13.1. The van der Waals surface area contributed by atoms with E-state index < -0.39 is 4.92 Å². The van der Waals surface area contributed by atoms with Crippen molar-refractivity contribution in [1.82, 2.24) is 4.98 Å². The Morgan fingerprint density at radius 1 is 1.33 bits per heavy atom. The molecular formula is C12H10ClN3O2. The number of nitrogens with one attached hydrogen (secondary N) is 1. The number of nitro groups is 1. The summed E-state index contributed by atoms with van der Waals surface area (Å²) >= 11 is 5.80. The minimum atomic E-state index is -0.542. The van der Waals surface area contributed by atoms with E-state index in [0.717, 1.165) is 5.69 Å². The number of nitrogens with zero attached hydrogens (tertiary/aromatic N) is 2. The van der Waals surface area contributed by atoms with Gasteiger partial charge in [0.1, 0.15) is 5.69 Å². The predicted molar refractivity (Wildman–Crippen MR) is 70.4 cm³/mol. The second-order valence-electron chi connectivity index (χ2n) is 3.70. The molecule has 1 aromatic heterocycles. The molecule has 0 saturated carbocycles. The highest BCUT2D eigenvalue weighted by Crippen LogP contribution is 2.33. The standard InChI is InChI=1S/C12H10ClN3O2/c1-8-7-10(11(16(17)18)12(13)14-8)15-9-5-3-2-4-6-9/h2-7H,1H3,(H,14,15). The number of benzene rings is 1. The minimum absolute atomic E-state index is 0.113. The molecule has 0 spiro atoms. The molecule has 0 bridgehead atoms. The highest BCUT2D eigenvalue weighted by atomic mass is 35.5. The predicted octanol–water partition coefficient (Wildman–Crippen LogP) is 3.70. The Morgan fingerprint density at radius 2 is 2.00 bits per heavy atom. The van der Waals surface area contributed by atoms with Crippen LogP contribution in [0.15, 0.2) is 36.4 Å². The zero-order valence-corrected chi connectivity index (χ0v) is 10.3. The van der Waals surface area contributed by atoms with Crippen LogP contribution in [0.3, 0.4) is 0 Å². The van der Waals surface area contributed by atoms with Gasteiger partial charge in [0.2, 0.25) is 5.15 Å². The second-order valence-corrected chi connectivity index (χ2v) is 4.06. The van der Waals surface area contributed by atoms with Gasteiger partial charge in [-0.3, -0.25) is 10.1 Å². The molecule has 0 aliphatic rings. The molecule has 92 valence electrons. The summed E-state index contributed by atoms with van der Waals surface area (Å²) in [6.45, 7) is 1.73. The van der Waals surface area contributed by atoms with Crippen LogP contribution in [0.5, 0.6) is 0 Å². The summed E-state index contributed by atoms with van der Waals surface area (Å²) in [5, 5.41) is 13.8. The van der Waals surface area contributed by atoms with E-state index in [2.05, 4.69) is 10.3 Å². The molecule has 1 heterocycles. The largest absolute Gasteiger partial charge is 0.350 e. The Morgan fingerprint density at radius 3 is 2.61 bits per heavy atom. The number of hydrogen-bond acceptors (Lipinski definition) is 4. The van der Waals surface area contributed by atoms with Gasteiger partial charge in [-0.1, -0.05) is 29.8 Å². The highest BCUT2D eigenvalue weighted by molar-refractivity contribution is 6.32. The first-order valence-electron chi connectivity index (χ1n) is 5.21. The summed E-state index contributed by atoms with van der Waals surface area (Å²) in [5.41, 5.74) is 1.49. The van der Waals surface area contributed by atoms with Crippen LogP contribution >= 0.6 is 11.6 Å². The van der Waals surface area contributed by atoms with Crippen LogP contribution in [-0.2, 0) is 0 Å². The monoisotopic (exact) mass is 263 g/mol. The molecule has 18 heavy (non-hydrogen) atoms. The van der Waals surface area contributed by atoms with E-state index >= 15 is 0 Å². The van der Waals surface area contributed by atoms with Crippen molar-refractivity contribution < 1.29 is 4.92 Å². The smallest absolute Gasteiger partial charge is 0.329 e. The summed E-state index contributed by atoms with van der Waals surface area (Å²) < 4.78 is 0. The van der Waals surface area contributed by atoms with Crippen molar-refractivity contribution in [2.45, 2.75) is 6.92 Å². The molecule has 0 aliphatic carbocycles. The van der Waals surface area contributed by atoms with Crippen molar-refractivity contribution in [2.75, 3.05) is 5.32 Å². The number of hydrogen-bond donors (Lipinski definition) is 1. The first-order valence-corrected chi connectivity index (χ1v) is 5.59. The Bertz CT molecular complexity index is 587. The molecule has 0 amide bonds. The third kappa shape index (κ3) is 2.57. The quantitative estimate of drug-likeness (QED) is 0.521. The topological polar surface area (TPSA) is 68.1 Å². The van der Waals surface area contributed by atoms with Crippen molar-refractivity contribution >= 4 is 28.7 Å². The molecule has 1 aromatic carbocycles. The molecular weight excluding hydrogens is 254 g/mol. The molecule has 0 unspecified atom stereocenters. The van der Waals surface area contributed by atoms with Crippen molar-refractivity contribution in [3.8, 4) is 0 Å². The van der Waals surface area contributed by atoms with Crippen LogP contribution in [0.4, 0.5) is 17.1 Å². The number of aryl methyl sites for hydroxylation is 1. The van der Waals surface area contributed by atoms with Gasteiger partial charge in [-0.2, -0.15) is 0 Å². The Kier molecular flexibility index (Phi) is 3.43. The van der Waals surface area contributed by atoms with Crippen molar-refractivity contribution in [1.29, 1.82) is 0 Å². The SMILES string of the molecule is Cc1cc(Nc2ccccc2)c([N+](=O)[O-])c(Cl)n1. The first-order chi connectivity index (χ1) is 8.58.